The molecule has 0 aliphatic heterocycles. The molecule has 0 fully saturated rings. The number of aliphatic imine (C=N–C) groups is 1. The topological polar surface area (TPSA) is 161 Å². The number of aryl methyl sites for hydroxylation is 1. The molecule has 0 spiro atoms. The van der Waals surface area contributed by atoms with E-state index in [0.29, 0.717) is 46.7 Å². The Morgan fingerprint density at radius 1 is 0.812 bits per heavy atom. The number of sulfonamides is 1. The number of anilines is 2. The number of para-hydroxylation sites is 2. The van der Waals surface area contributed by atoms with Crippen molar-refractivity contribution in [1.82, 2.24) is 14.3 Å². The second-order valence-electron chi connectivity index (χ2n) is 16.0. The third kappa shape index (κ3) is 14.3. The molecule has 2 N–H and O–H groups in total. The fraction of sp³-hybridized carbons (Fsp3) is 0.420. The molecule has 0 unspecified atom stereocenters. The molecule has 0 atom stereocenters. The number of hydrogen-bond acceptors (Lipinski definition) is 10. The quantitative estimate of drug-likeness (QED) is 0.0313. The Bertz CT molecular complexity index is 2520. The van der Waals surface area contributed by atoms with Crippen molar-refractivity contribution < 1.29 is 27.5 Å². The summed E-state index contributed by atoms with van der Waals surface area (Å²) in [4.78, 5) is 54.3. The minimum Gasteiger partial charge on any atom is -0.495 e. The zero-order chi connectivity index (χ0) is 45.9. The fourth-order valence-corrected chi connectivity index (χ4v) is 8.00. The average molecular weight is 893 g/mol. The van der Waals surface area contributed by atoms with Crippen molar-refractivity contribution in [1.29, 1.82) is 0 Å². The van der Waals surface area contributed by atoms with Crippen LogP contribution in [0.3, 0.4) is 0 Å². The number of unbranched alkanes of at least 4 members (excludes halogenated alkanes) is 11. The van der Waals surface area contributed by atoms with Gasteiger partial charge in [0.2, 0.25) is 10.0 Å². The number of methoxy groups -OCH3 is 1. The highest BCUT2D eigenvalue weighted by Crippen LogP contribution is 2.29. The molecule has 0 aliphatic carbocycles. The van der Waals surface area contributed by atoms with Crippen LogP contribution in [0.5, 0.6) is 5.75 Å². The van der Waals surface area contributed by atoms with E-state index >= 15 is 0 Å². The molecule has 1 heterocycles. The summed E-state index contributed by atoms with van der Waals surface area (Å²) in [5, 5.41) is 3.27. The number of carbonyl (C=O) groups excluding carboxylic acids is 2. The Morgan fingerprint density at radius 3 is 2.11 bits per heavy atom. The van der Waals surface area contributed by atoms with Crippen LogP contribution >= 0.6 is 0 Å². The van der Waals surface area contributed by atoms with Gasteiger partial charge >= 0.3 is 5.97 Å². The minimum atomic E-state index is -3.35. The fourth-order valence-electron chi connectivity index (χ4n) is 7.53. The van der Waals surface area contributed by atoms with E-state index in [9.17, 15) is 22.8 Å². The molecule has 0 saturated heterocycles. The Hall–Kier alpha value is -5.86. The summed E-state index contributed by atoms with van der Waals surface area (Å²) in [6, 6.07) is 26.1. The number of hydrogen-bond donors (Lipinski definition) is 2. The average Bonchev–Trinajstić information content (AvgIpc) is 3.28. The first kappa shape index (κ1) is 49.2. The molecular formula is C50H64N6O7S. The molecule has 5 aromatic rings. The van der Waals surface area contributed by atoms with Gasteiger partial charge in [0, 0.05) is 25.3 Å². The Labute approximate surface area is 378 Å². The van der Waals surface area contributed by atoms with E-state index in [1.54, 1.807) is 66.7 Å². The molecule has 13 nitrogen and oxygen atoms in total. The predicted molar refractivity (Wildman–Crippen MR) is 258 cm³/mol. The lowest BCUT2D eigenvalue weighted by Crippen LogP contribution is -2.34. The normalized spacial score (nSPS) is 11.7. The molecule has 0 aliphatic rings. The number of nitrogens with zero attached hydrogens (tertiary/aromatic N) is 4. The molecule has 0 saturated carbocycles. The van der Waals surface area contributed by atoms with Crippen molar-refractivity contribution in [2.45, 2.75) is 97.8 Å². The van der Waals surface area contributed by atoms with Gasteiger partial charge in [0.05, 0.1) is 53.5 Å². The number of benzene rings is 4. The van der Waals surface area contributed by atoms with E-state index < -0.39 is 27.5 Å². The van der Waals surface area contributed by atoms with Crippen LogP contribution in [0, 0.1) is 6.92 Å². The van der Waals surface area contributed by atoms with Crippen LogP contribution in [0.2, 0.25) is 0 Å². The molecule has 1 amide bonds. The van der Waals surface area contributed by atoms with Gasteiger partial charge in [-0.15, -0.1) is 0 Å². The van der Waals surface area contributed by atoms with Gasteiger partial charge < -0.3 is 19.7 Å². The zero-order valence-electron chi connectivity index (χ0n) is 38.0. The van der Waals surface area contributed by atoms with Gasteiger partial charge in [-0.25, -0.2) is 27.9 Å². The summed E-state index contributed by atoms with van der Waals surface area (Å²) < 4.78 is 38.6. The lowest BCUT2D eigenvalue weighted by atomic mass is 10.1. The van der Waals surface area contributed by atoms with E-state index in [1.165, 1.54) is 75.5 Å². The number of carbonyl (C=O) groups is 2. The van der Waals surface area contributed by atoms with E-state index in [2.05, 4.69) is 17.0 Å². The number of fused-ring (bicyclic) bond motifs is 1. The van der Waals surface area contributed by atoms with Gasteiger partial charge in [0.25, 0.3) is 11.5 Å². The number of nitrogens with one attached hydrogen (secondary N) is 2. The second-order valence-corrected chi connectivity index (χ2v) is 17.8. The van der Waals surface area contributed by atoms with Crippen LogP contribution in [0.1, 0.15) is 113 Å². The molecular weight excluding hydrogens is 829 g/mol. The van der Waals surface area contributed by atoms with Gasteiger partial charge in [-0.05, 0) is 86.5 Å². The van der Waals surface area contributed by atoms with Crippen molar-refractivity contribution in [3.8, 4) is 11.4 Å². The first-order valence-corrected chi connectivity index (χ1v) is 24.5. The van der Waals surface area contributed by atoms with E-state index in [1.807, 2.05) is 36.9 Å². The molecule has 4 aromatic carbocycles. The monoisotopic (exact) mass is 892 g/mol. The summed E-state index contributed by atoms with van der Waals surface area (Å²) in [6.07, 6.45) is 15.6. The van der Waals surface area contributed by atoms with Crippen molar-refractivity contribution in [2.24, 2.45) is 4.99 Å². The number of likely N-dealkylation sites (N-methyl/N-ethyl adjacent to an activating group) is 1. The predicted octanol–water partition coefficient (Wildman–Crippen LogP) is 9.70. The number of esters is 1. The lowest BCUT2D eigenvalue weighted by molar-refractivity contribution is -0.110. The van der Waals surface area contributed by atoms with Crippen LogP contribution in [-0.4, -0.2) is 75.2 Å². The summed E-state index contributed by atoms with van der Waals surface area (Å²) >= 11 is 0. The summed E-state index contributed by atoms with van der Waals surface area (Å²) in [5.41, 5.74) is 2.69. The van der Waals surface area contributed by atoms with E-state index in [0.717, 1.165) is 31.2 Å². The molecule has 64 heavy (non-hydrogen) atoms. The highest BCUT2D eigenvalue weighted by atomic mass is 32.2. The van der Waals surface area contributed by atoms with Crippen LogP contribution in [-0.2, 0) is 19.6 Å². The Morgan fingerprint density at radius 2 is 1.47 bits per heavy atom. The van der Waals surface area contributed by atoms with Gasteiger partial charge in [-0.3, -0.25) is 14.2 Å². The first-order chi connectivity index (χ1) is 30.9. The Kier molecular flexibility index (Phi) is 19.1. The van der Waals surface area contributed by atoms with Gasteiger partial charge in [-0.1, -0.05) is 108 Å². The number of aromatic nitrogens is 2. The largest absolute Gasteiger partial charge is 0.495 e. The van der Waals surface area contributed by atoms with Gasteiger partial charge in [0.15, 0.2) is 11.5 Å². The SMILES string of the molecule is CCCCCCCCCCCCCCOC(=O)c1ccc(OC)c(NC(=O)C(=Nc2ccc(N(CC)CCNS(C)(=O)=O)cc2C)c2nc3ccccc3c(=O)n2-c2ccccc2)c1. The molecule has 5 rings (SSSR count). The Balaban J connectivity index is 1.41. The smallest absolute Gasteiger partial charge is 0.338 e. The maximum absolute atomic E-state index is 14.8. The maximum Gasteiger partial charge on any atom is 0.338 e. The van der Waals surface area contributed by atoms with Crippen LogP contribution < -0.4 is 25.2 Å². The van der Waals surface area contributed by atoms with Gasteiger partial charge in [-0.2, -0.15) is 0 Å². The number of amides is 1. The summed E-state index contributed by atoms with van der Waals surface area (Å²) in [6.45, 7) is 7.62. The van der Waals surface area contributed by atoms with Crippen LogP contribution in [0.25, 0.3) is 16.6 Å². The second kappa shape index (κ2) is 24.8. The standard InChI is InChI=1S/C50H64N6O7S/c1-6-8-9-10-11-12-13-14-15-16-17-23-34-63-50(59)38-28-31-45(62-4)44(36-38)54-48(57)46(52-42-30-29-40(35-37(42)3)55(7-2)33-32-51-64(5,60)61)47-53-43-27-22-21-26-41(43)49(58)56(47)39-24-19-18-20-25-39/h18-22,24-31,35-36,51H,6-17,23,32-34H2,1-5H3,(H,54,57). The van der Waals surface area contributed by atoms with Gasteiger partial charge in [0.1, 0.15) is 5.75 Å². The molecule has 342 valence electrons. The molecule has 14 heteroatoms. The third-order valence-corrected chi connectivity index (χ3v) is 11.8. The van der Waals surface area contributed by atoms with E-state index in [4.69, 9.17) is 19.5 Å². The molecule has 0 radical (unpaired) electrons. The van der Waals surface area contributed by atoms with E-state index in [-0.39, 0.29) is 35.9 Å². The molecule has 1 aromatic heterocycles. The number of ether oxygens (including phenoxy) is 2. The van der Waals surface area contributed by atoms with Crippen LogP contribution in [0.4, 0.5) is 17.1 Å². The summed E-state index contributed by atoms with van der Waals surface area (Å²) in [7, 11) is -1.89. The number of rotatable bonds is 26. The van der Waals surface area contributed by atoms with Crippen molar-refractivity contribution in [3.05, 3.63) is 118 Å². The molecule has 0 bridgehead atoms. The zero-order valence-corrected chi connectivity index (χ0v) is 38.8. The first-order valence-electron chi connectivity index (χ1n) is 22.6. The highest BCUT2D eigenvalue weighted by Gasteiger charge is 2.25. The third-order valence-electron chi connectivity index (χ3n) is 11.0. The highest BCUT2D eigenvalue weighted by molar-refractivity contribution is 7.88. The maximum atomic E-state index is 14.8. The summed E-state index contributed by atoms with van der Waals surface area (Å²) in [5.74, 6) is -0.941. The lowest BCUT2D eigenvalue weighted by Gasteiger charge is -2.24. The van der Waals surface area contributed by atoms with Crippen molar-refractivity contribution in [3.63, 3.8) is 0 Å². The minimum absolute atomic E-state index is 0.00477. The van der Waals surface area contributed by atoms with Crippen molar-refractivity contribution >= 4 is 55.6 Å². The van der Waals surface area contributed by atoms with Crippen molar-refractivity contribution in [2.75, 3.05) is 49.8 Å². The van der Waals surface area contributed by atoms with Crippen LogP contribution in [0.15, 0.2) is 101 Å².